The Morgan fingerprint density at radius 2 is 2.00 bits per heavy atom. The SMILES string of the molecule is COc1ccc(SC=CC=O)cc1. The van der Waals surface area contributed by atoms with E-state index < -0.39 is 0 Å². The number of thioether (sulfide) groups is 1. The maximum Gasteiger partial charge on any atom is 0.143 e. The number of allylic oxidation sites excluding steroid dienone is 1. The highest BCUT2D eigenvalue weighted by molar-refractivity contribution is 8.02. The zero-order valence-corrected chi connectivity index (χ0v) is 8.08. The Morgan fingerprint density at radius 1 is 1.31 bits per heavy atom. The quantitative estimate of drug-likeness (QED) is 0.418. The van der Waals surface area contributed by atoms with Gasteiger partial charge in [-0.25, -0.2) is 0 Å². The van der Waals surface area contributed by atoms with Crippen LogP contribution >= 0.6 is 11.8 Å². The minimum Gasteiger partial charge on any atom is -0.497 e. The van der Waals surface area contributed by atoms with Crippen LogP contribution < -0.4 is 4.74 Å². The lowest BCUT2D eigenvalue weighted by atomic mass is 10.3. The largest absolute Gasteiger partial charge is 0.497 e. The number of rotatable bonds is 4. The van der Waals surface area contributed by atoms with Gasteiger partial charge in [0.25, 0.3) is 0 Å². The van der Waals surface area contributed by atoms with E-state index in [9.17, 15) is 4.79 Å². The number of hydrogen-bond acceptors (Lipinski definition) is 3. The Morgan fingerprint density at radius 3 is 2.54 bits per heavy atom. The predicted octanol–water partition coefficient (Wildman–Crippen LogP) is 2.50. The Kier molecular flexibility index (Phi) is 4.12. The van der Waals surface area contributed by atoms with Gasteiger partial charge in [-0.05, 0) is 35.7 Å². The molecule has 1 aromatic carbocycles. The molecule has 0 fully saturated rings. The first-order valence-electron chi connectivity index (χ1n) is 3.78. The van der Waals surface area contributed by atoms with E-state index in [1.165, 1.54) is 17.8 Å². The van der Waals surface area contributed by atoms with Crippen molar-refractivity contribution in [2.45, 2.75) is 4.90 Å². The Hall–Kier alpha value is -1.22. The smallest absolute Gasteiger partial charge is 0.143 e. The van der Waals surface area contributed by atoms with E-state index in [1.807, 2.05) is 24.3 Å². The van der Waals surface area contributed by atoms with Gasteiger partial charge in [0.1, 0.15) is 12.0 Å². The monoisotopic (exact) mass is 194 g/mol. The molecule has 0 amide bonds. The van der Waals surface area contributed by atoms with Gasteiger partial charge in [0, 0.05) is 4.90 Å². The normalized spacial score (nSPS) is 10.2. The molecule has 0 aliphatic heterocycles. The van der Waals surface area contributed by atoms with Crippen LogP contribution in [-0.2, 0) is 4.79 Å². The van der Waals surface area contributed by atoms with Gasteiger partial charge in [0.05, 0.1) is 7.11 Å². The highest BCUT2D eigenvalue weighted by Gasteiger charge is 1.91. The summed E-state index contributed by atoms with van der Waals surface area (Å²) in [6, 6.07) is 7.66. The first-order chi connectivity index (χ1) is 6.36. The van der Waals surface area contributed by atoms with Gasteiger partial charge >= 0.3 is 0 Å². The van der Waals surface area contributed by atoms with Crippen LogP contribution in [-0.4, -0.2) is 13.4 Å². The molecule has 1 aromatic rings. The van der Waals surface area contributed by atoms with Crippen molar-refractivity contribution in [3.05, 3.63) is 35.7 Å². The van der Waals surface area contributed by atoms with Gasteiger partial charge in [-0.15, -0.1) is 0 Å². The highest BCUT2D eigenvalue weighted by atomic mass is 32.2. The third kappa shape index (κ3) is 3.34. The molecule has 0 radical (unpaired) electrons. The van der Waals surface area contributed by atoms with Crippen LogP contribution in [0.5, 0.6) is 5.75 Å². The van der Waals surface area contributed by atoms with Gasteiger partial charge in [0.2, 0.25) is 0 Å². The lowest BCUT2D eigenvalue weighted by molar-refractivity contribution is -0.104. The van der Waals surface area contributed by atoms with Crippen molar-refractivity contribution < 1.29 is 9.53 Å². The van der Waals surface area contributed by atoms with Crippen LogP contribution in [0, 0.1) is 0 Å². The lowest BCUT2D eigenvalue weighted by Crippen LogP contribution is -1.80. The highest BCUT2D eigenvalue weighted by Crippen LogP contribution is 2.21. The molecule has 0 saturated carbocycles. The average molecular weight is 194 g/mol. The zero-order valence-electron chi connectivity index (χ0n) is 7.27. The number of benzene rings is 1. The summed E-state index contributed by atoms with van der Waals surface area (Å²) >= 11 is 1.50. The van der Waals surface area contributed by atoms with Gasteiger partial charge in [-0.2, -0.15) is 0 Å². The zero-order chi connectivity index (χ0) is 9.52. The van der Waals surface area contributed by atoms with Crippen molar-refractivity contribution in [3.8, 4) is 5.75 Å². The van der Waals surface area contributed by atoms with E-state index in [0.717, 1.165) is 16.9 Å². The van der Waals surface area contributed by atoms with Gasteiger partial charge < -0.3 is 4.74 Å². The number of aldehydes is 1. The average Bonchev–Trinajstić information content (AvgIpc) is 2.19. The summed E-state index contributed by atoms with van der Waals surface area (Å²) in [7, 11) is 1.63. The number of hydrogen-bond donors (Lipinski definition) is 0. The van der Waals surface area contributed by atoms with Crippen molar-refractivity contribution in [1.29, 1.82) is 0 Å². The molecular weight excluding hydrogens is 184 g/mol. The molecule has 0 N–H and O–H groups in total. The fourth-order valence-electron chi connectivity index (χ4n) is 0.804. The molecule has 0 aliphatic rings. The molecule has 1 rings (SSSR count). The van der Waals surface area contributed by atoms with E-state index in [-0.39, 0.29) is 0 Å². The second-order valence-corrected chi connectivity index (χ2v) is 3.24. The Labute approximate surface area is 81.6 Å². The van der Waals surface area contributed by atoms with Crippen molar-refractivity contribution in [1.82, 2.24) is 0 Å². The van der Waals surface area contributed by atoms with Crippen LogP contribution in [0.2, 0.25) is 0 Å². The molecule has 0 aromatic heterocycles. The summed E-state index contributed by atoms with van der Waals surface area (Å²) in [6.07, 6.45) is 2.23. The number of methoxy groups -OCH3 is 1. The number of carbonyl (C=O) groups is 1. The second-order valence-electron chi connectivity index (χ2n) is 2.26. The molecular formula is C10H10O2S. The van der Waals surface area contributed by atoms with Gasteiger partial charge in [0.15, 0.2) is 0 Å². The van der Waals surface area contributed by atoms with Crippen molar-refractivity contribution in [2.75, 3.05) is 7.11 Å². The van der Waals surface area contributed by atoms with Gasteiger partial charge in [-0.3, -0.25) is 4.79 Å². The molecule has 68 valence electrons. The molecule has 13 heavy (non-hydrogen) atoms. The van der Waals surface area contributed by atoms with E-state index in [2.05, 4.69) is 0 Å². The third-order valence-electron chi connectivity index (χ3n) is 1.42. The fraction of sp³-hybridized carbons (Fsp3) is 0.100. The maximum absolute atomic E-state index is 9.98. The second kappa shape index (κ2) is 5.43. The minimum absolute atomic E-state index is 0.760. The molecule has 0 aliphatic carbocycles. The summed E-state index contributed by atoms with van der Waals surface area (Å²) in [4.78, 5) is 11.1. The number of carbonyl (C=O) groups excluding carboxylic acids is 1. The van der Waals surface area contributed by atoms with Crippen molar-refractivity contribution in [2.24, 2.45) is 0 Å². The standard InChI is InChI=1S/C10H10O2S/c1-12-9-3-5-10(6-4-9)13-8-2-7-11/h2-8H,1H3. The minimum atomic E-state index is 0.760. The van der Waals surface area contributed by atoms with Crippen LogP contribution in [0.15, 0.2) is 40.6 Å². The first kappa shape index (κ1) is 9.86. The topological polar surface area (TPSA) is 26.3 Å². The third-order valence-corrected chi connectivity index (χ3v) is 2.26. The Balaban J connectivity index is 2.58. The summed E-state index contributed by atoms with van der Waals surface area (Å²) < 4.78 is 5.01. The molecule has 0 unspecified atom stereocenters. The first-order valence-corrected chi connectivity index (χ1v) is 4.66. The van der Waals surface area contributed by atoms with Crippen LogP contribution in [0.4, 0.5) is 0 Å². The van der Waals surface area contributed by atoms with E-state index >= 15 is 0 Å². The molecule has 0 heterocycles. The molecule has 3 heteroatoms. The summed E-state index contributed by atoms with van der Waals surface area (Å²) in [5.74, 6) is 0.837. The van der Waals surface area contributed by atoms with Gasteiger partial charge in [-0.1, -0.05) is 11.8 Å². The van der Waals surface area contributed by atoms with Crippen LogP contribution in [0.3, 0.4) is 0 Å². The van der Waals surface area contributed by atoms with Crippen LogP contribution in [0.25, 0.3) is 0 Å². The molecule has 0 spiro atoms. The number of ether oxygens (including phenoxy) is 1. The van der Waals surface area contributed by atoms with E-state index in [4.69, 9.17) is 4.74 Å². The van der Waals surface area contributed by atoms with Crippen LogP contribution in [0.1, 0.15) is 0 Å². The van der Waals surface area contributed by atoms with Crippen molar-refractivity contribution >= 4 is 18.0 Å². The fourth-order valence-corrected chi connectivity index (χ4v) is 1.40. The summed E-state index contributed by atoms with van der Waals surface area (Å²) in [5, 5.41) is 1.74. The lowest BCUT2D eigenvalue weighted by Gasteiger charge is -1.99. The molecule has 0 saturated heterocycles. The predicted molar refractivity (Wildman–Crippen MR) is 54.1 cm³/mol. The van der Waals surface area contributed by atoms with E-state index in [1.54, 1.807) is 12.5 Å². The Bertz CT molecular complexity index is 290. The summed E-state index contributed by atoms with van der Waals surface area (Å²) in [6.45, 7) is 0. The van der Waals surface area contributed by atoms with E-state index in [0.29, 0.717) is 0 Å². The molecule has 0 bridgehead atoms. The maximum atomic E-state index is 9.98. The van der Waals surface area contributed by atoms with Crippen molar-refractivity contribution in [3.63, 3.8) is 0 Å². The molecule has 2 nitrogen and oxygen atoms in total. The summed E-state index contributed by atoms with van der Waals surface area (Å²) in [5.41, 5.74) is 0. The molecule has 0 atom stereocenters.